The molecule has 1 N–H and O–H groups in total. The number of nitrogens with zero attached hydrogens (tertiary/aromatic N) is 2. The molecule has 1 heterocycles. The summed E-state index contributed by atoms with van der Waals surface area (Å²) in [6, 6.07) is 0. The zero-order chi connectivity index (χ0) is 15.1. The zero-order valence-electron chi connectivity index (χ0n) is 11.3. The summed E-state index contributed by atoms with van der Waals surface area (Å²) in [4.78, 5) is 19.0. The van der Waals surface area contributed by atoms with Crippen molar-refractivity contribution in [2.24, 2.45) is 10.9 Å². The number of ether oxygens (including phenoxy) is 1. The Hall–Kier alpha value is -1.33. The van der Waals surface area contributed by atoms with Crippen LogP contribution < -0.4 is 0 Å². The minimum atomic E-state index is -0.895. The molecular weight excluding hydrogens is 303 g/mol. The van der Waals surface area contributed by atoms with Gasteiger partial charge in [0.2, 0.25) is 0 Å². The number of aromatic nitrogens is 1. The number of carboxylic acids is 1. The molecule has 0 amide bonds. The maximum Gasteiger partial charge on any atom is 0.304 e. The number of pyridine rings is 1. The van der Waals surface area contributed by atoms with Crippen LogP contribution in [0.2, 0.25) is 5.02 Å². The number of alkyl halides is 1. The number of methoxy groups -OCH3 is 1. The molecule has 0 fully saturated rings. The van der Waals surface area contributed by atoms with Crippen molar-refractivity contribution < 1.29 is 14.6 Å². The normalized spacial score (nSPS) is 13.1. The van der Waals surface area contributed by atoms with Crippen molar-refractivity contribution in [2.75, 3.05) is 7.11 Å². The monoisotopic (exact) mass is 318 g/mol. The van der Waals surface area contributed by atoms with E-state index in [9.17, 15) is 4.79 Å². The first-order chi connectivity index (χ1) is 9.49. The molecule has 0 aliphatic rings. The molecule has 20 heavy (non-hydrogen) atoms. The van der Waals surface area contributed by atoms with Gasteiger partial charge in [0.25, 0.3) is 0 Å². The number of hydrogen-bond acceptors (Lipinski definition) is 4. The quantitative estimate of drug-likeness (QED) is 0.497. The highest BCUT2D eigenvalue weighted by molar-refractivity contribution is 6.32. The van der Waals surface area contributed by atoms with Crippen LogP contribution in [-0.2, 0) is 22.0 Å². The fourth-order valence-corrected chi connectivity index (χ4v) is 2.35. The van der Waals surface area contributed by atoms with Crippen LogP contribution in [0.25, 0.3) is 0 Å². The van der Waals surface area contributed by atoms with E-state index in [0.29, 0.717) is 17.5 Å². The standard InChI is InChI=1S/C13H16Cl2N2O3/c1-8(3-12(18)19)13(20-2)17-6-9-5-16-7-11(15)10(9)4-14/h5,7-8H,3-4,6H2,1-2H3,(H,18,19). The molecule has 0 bridgehead atoms. The molecule has 0 aromatic carbocycles. The van der Waals surface area contributed by atoms with Crippen molar-refractivity contribution in [3.05, 3.63) is 28.5 Å². The van der Waals surface area contributed by atoms with Gasteiger partial charge in [0.1, 0.15) is 0 Å². The first kappa shape index (κ1) is 16.7. The van der Waals surface area contributed by atoms with Gasteiger partial charge in [0.15, 0.2) is 5.90 Å². The summed E-state index contributed by atoms with van der Waals surface area (Å²) in [5.74, 6) is -0.552. The summed E-state index contributed by atoms with van der Waals surface area (Å²) in [6.45, 7) is 2.04. The van der Waals surface area contributed by atoms with Gasteiger partial charge in [-0.1, -0.05) is 18.5 Å². The molecule has 1 unspecified atom stereocenters. The Morgan fingerprint density at radius 3 is 2.80 bits per heavy atom. The topological polar surface area (TPSA) is 71.8 Å². The van der Waals surface area contributed by atoms with Gasteiger partial charge >= 0.3 is 5.97 Å². The molecule has 0 spiro atoms. The van der Waals surface area contributed by atoms with E-state index in [2.05, 4.69) is 9.98 Å². The van der Waals surface area contributed by atoms with E-state index in [1.165, 1.54) is 13.3 Å². The first-order valence-electron chi connectivity index (χ1n) is 5.96. The summed E-state index contributed by atoms with van der Waals surface area (Å²) >= 11 is 11.9. The van der Waals surface area contributed by atoms with E-state index >= 15 is 0 Å². The highest BCUT2D eigenvalue weighted by Crippen LogP contribution is 2.21. The molecule has 0 radical (unpaired) electrons. The molecule has 0 saturated carbocycles. The third-order valence-corrected chi connectivity index (χ3v) is 3.34. The van der Waals surface area contributed by atoms with Gasteiger partial charge in [-0.3, -0.25) is 14.8 Å². The van der Waals surface area contributed by atoms with Crippen molar-refractivity contribution in [2.45, 2.75) is 25.8 Å². The molecule has 7 heteroatoms. The summed E-state index contributed by atoms with van der Waals surface area (Å²) in [5.41, 5.74) is 1.57. The average molecular weight is 319 g/mol. The van der Waals surface area contributed by atoms with Crippen molar-refractivity contribution in [3.63, 3.8) is 0 Å². The second kappa shape index (κ2) is 8.07. The lowest BCUT2D eigenvalue weighted by atomic mass is 10.1. The third kappa shape index (κ3) is 4.65. The Labute approximate surface area is 127 Å². The first-order valence-corrected chi connectivity index (χ1v) is 6.88. The predicted octanol–water partition coefficient (Wildman–Crippen LogP) is 3.13. The number of halogens is 2. The number of aliphatic carboxylic acids is 1. The fraction of sp³-hybridized carbons (Fsp3) is 0.462. The van der Waals surface area contributed by atoms with Crippen LogP contribution in [0.3, 0.4) is 0 Å². The molecule has 0 aliphatic heterocycles. The van der Waals surface area contributed by atoms with Crippen molar-refractivity contribution in [3.8, 4) is 0 Å². The number of hydrogen-bond donors (Lipinski definition) is 1. The Balaban J connectivity index is 2.89. The van der Waals surface area contributed by atoms with Gasteiger partial charge in [-0.25, -0.2) is 0 Å². The molecule has 1 aromatic heterocycles. The maximum atomic E-state index is 10.7. The van der Waals surface area contributed by atoms with Gasteiger partial charge in [0, 0.05) is 24.2 Å². The number of rotatable bonds is 6. The molecule has 1 aromatic rings. The minimum absolute atomic E-state index is 0.0389. The Morgan fingerprint density at radius 1 is 1.55 bits per heavy atom. The van der Waals surface area contributed by atoms with Crippen LogP contribution in [0, 0.1) is 5.92 Å². The maximum absolute atomic E-state index is 10.7. The SMILES string of the molecule is COC(=NCc1cncc(Cl)c1CCl)C(C)CC(=O)O. The van der Waals surface area contributed by atoms with Gasteiger partial charge < -0.3 is 9.84 Å². The van der Waals surface area contributed by atoms with E-state index in [-0.39, 0.29) is 18.2 Å². The fourth-order valence-electron chi connectivity index (χ4n) is 1.72. The average Bonchev–Trinajstić information content (AvgIpc) is 2.38. The largest absolute Gasteiger partial charge is 0.484 e. The molecular formula is C13H16Cl2N2O3. The number of carbonyl (C=O) groups is 1. The van der Waals surface area contributed by atoms with Crippen LogP contribution in [-0.4, -0.2) is 29.1 Å². The van der Waals surface area contributed by atoms with Crippen molar-refractivity contribution >= 4 is 35.1 Å². The van der Waals surface area contributed by atoms with E-state index < -0.39 is 5.97 Å². The number of carboxylic acid groups (broad SMARTS) is 1. The predicted molar refractivity (Wildman–Crippen MR) is 78.4 cm³/mol. The molecule has 1 atom stereocenters. The summed E-state index contributed by atoms with van der Waals surface area (Å²) in [7, 11) is 1.47. The van der Waals surface area contributed by atoms with E-state index in [0.717, 1.165) is 11.1 Å². The van der Waals surface area contributed by atoms with Crippen molar-refractivity contribution in [1.29, 1.82) is 0 Å². The van der Waals surface area contributed by atoms with E-state index in [1.54, 1.807) is 13.1 Å². The summed E-state index contributed by atoms with van der Waals surface area (Å²) in [6.07, 6.45) is 3.13. The second-order valence-corrected chi connectivity index (χ2v) is 4.92. The lowest BCUT2D eigenvalue weighted by Crippen LogP contribution is -2.17. The van der Waals surface area contributed by atoms with Crippen LogP contribution >= 0.6 is 23.2 Å². The highest BCUT2D eigenvalue weighted by Gasteiger charge is 2.15. The van der Waals surface area contributed by atoms with Gasteiger partial charge in [-0.15, -0.1) is 11.6 Å². The molecule has 110 valence electrons. The number of aliphatic imine (C=N–C) groups is 1. The summed E-state index contributed by atoms with van der Waals surface area (Å²) < 4.78 is 5.14. The lowest BCUT2D eigenvalue weighted by Gasteiger charge is -2.12. The van der Waals surface area contributed by atoms with Gasteiger partial charge in [-0.2, -0.15) is 0 Å². The van der Waals surface area contributed by atoms with E-state index in [1.807, 2.05) is 0 Å². The molecule has 1 rings (SSSR count). The molecule has 0 saturated heterocycles. The highest BCUT2D eigenvalue weighted by atomic mass is 35.5. The van der Waals surface area contributed by atoms with Crippen LogP contribution in [0.5, 0.6) is 0 Å². The molecule has 0 aliphatic carbocycles. The second-order valence-electron chi connectivity index (χ2n) is 4.25. The van der Waals surface area contributed by atoms with E-state index in [4.69, 9.17) is 33.0 Å². The van der Waals surface area contributed by atoms with Crippen LogP contribution in [0.15, 0.2) is 17.4 Å². The smallest absolute Gasteiger partial charge is 0.304 e. The minimum Gasteiger partial charge on any atom is -0.484 e. The third-order valence-electron chi connectivity index (χ3n) is 2.74. The van der Waals surface area contributed by atoms with Crippen LogP contribution in [0.1, 0.15) is 24.5 Å². The van der Waals surface area contributed by atoms with Crippen molar-refractivity contribution in [1.82, 2.24) is 4.98 Å². The van der Waals surface area contributed by atoms with Gasteiger partial charge in [-0.05, 0) is 11.1 Å². The molecule has 5 nitrogen and oxygen atoms in total. The zero-order valence-corrected chi connectivity index (χ0v) is 12.8. The Kier molecular flexibility index (Phi) is 6.75. The lowest BCUT2D eigenvalue weighted by molar-refractivity contribution is -0.137. The summed E-state index contributed by atoms with van der Waals surface area (Å²) in [5, 5.41) is 9.27. The Morgan fingerprint density at radius 2 is 2.25 bits per heavy atom. The van der Waals surface area contributed by atoms with Gasteiger partial charge in [0.05, 0.1) is 25.1 Å². The van der Waals surface area contributed by atoms with Crippen LogP contribution in [0.4, 0.5) is 0 Å². The Bertz CT molecular complexity index is 506.